The Bertz CT molecular complexity index is 477. The maximum atomic E-state index is 12.1. The van der Waals surface area contributed by atoms with Gasteiger partial charge in [0.2, 0.25) is 0 Å². The van der Waals surface area contributed by atoms with E-state index in [0.29, 0.717) is 19.4 Å². The van der Waals surface area contributed by atoms with Crippen LogP contribution in [0.2, 0.25) is 0 Å². The Balaban J connectivity index is 2.20. The Hall–Kier alpha value is -1.84. The van der Waals surface area contributed by atoms with E-state index in [2.05, 4.69) is 0 Å². The molecule has 23 heavy (non-hydrogen) atoms. The molecule has 0 fully saturated rings. The Kier molecular flexibility index (Phi) is 9.03. The van der Waals surface area contributed by atoms with Crippen LogP contribution in [0.15, 0.2) is 24.3 Å². The van der Waals surface area contributed by atoms with E-state index in [9.17, 15) is 9.59 Å². The second-order valence-corrected chi connectivity index (χ2v) is 5.83. The van der Waals surface area contributed by atoms with Crippen LogP contribution in [-0.2, 0) is 9.53 Å². The maximum Gasteiger partial charge on any atom is 0.305 e. The first-order valence-corrected chi connectivity index (χ1v) is 8.48. The van der Waals surface area contributed by atoms with Gasteiger partial charge in [0.25, 0.3) is 0 Å². The van der Waals surface area contributed by atoms with E-state index in [1.807, 2.05) is 45.0 Å². The Morgan fingerprint density at radius 2 is 1.57 bits per heavy atom. The van der Waals surface area contributed by atoms with Crippen LogP contribution in [0.1, 0.15) is 69.7 Å². The van der Waals surface area contributed by atoms with Crippen LogP contribution in [0.5, 0.6) is 5.75 Å². The average Bonchev–Trinajstić information content (AvgIpc) is 2.51. The SMILES string of the molecule is CCOC(=O)CCCCCCC(=O)c1ccc(OC(C)C)cc1. The first-order chi connectivity index (χ1) is 11.0. The lowest BCUT2D eigenvalue weighted by molar-refractivity contribution is -0.143. The zero-order valence-corrected chi connectivity index (χ0v) is 14.5. The summed E-state index contributed by atoms with van der Waals surface area (Å²) in [6, 6.07) is 7.32. The van der Waals surface area contributed by atoms with Crippen molar-refractivity contribution in [3.8, 4) is 5.75 Å². The number of ether oxygens (including phenoxy) is 2. The molecule has 0 heterocycles. The third kappa shape index (κ3) is 8.38. The smallest absolute Gasteiger partial charge is 0.305 e. The van der Waals surface area contributed by atoms with Crippen LogP contribution < -0.4 is 4.74 Å². The molecule has 0 bridgehead atoms. The molecule has 0 aliphatic rings. The highest BCUT2D eigenvalue weighted by molar-refractivity contribution is 5.96. The minimum Gasteiger partial charge on any atom is -0.491 e. The number of Topliss-reactive ketones (excluding diaryl/α,β-unsaturated/α-hetero) is 1. The molecule has 0 aromatic heterocycles. The number of benzene rings is 1. The highest BCUT2D eigenvalue weighted by atomic mass is 16.5. The zero-order valence-electron chi connectivity index (χ0n) is 14.5. The van der Waals surface area contributed by atoms with Crippen molar-refractivity contribution < 1.29 is 19.1 Å². The van der Waals surface area contributed by atoms with Gasteiger partial charge in [0.15, 0.2) is 5.78 Å². The van der Waals surface area contributed by atoms with E-state index >= 15 is 0 Å². The van der Waals surface area contributed by atoms with E-state index in [1.54, 1.807) is 0 Å². The third-order valence-corrected chi connectivity index (χ3v) is 3.39. The molecule has 1 aromatic rings. The lowest BCUT2D eigenvalue weighted by Gasteiger charge is -2.09. The summed E-state index contributed by atoms with van der Waals surface area (Å²) in [6.45, 7) is 6.20. The van der Waals surface area contributed by atoms with Crippen LogP contribution in [0.4, 0.5) is 0 Å². The Labute approximate surface area is 139 Å². The normalized spacial score (nSPS) is 10.6. The molecule has 1 aromatic carbocycles. The van der Waals surface area contributed by atoms with Gasteiger partial charge in [-0.3, -0.25) is 9.59 Å². The predicted octanol–water partition coefficient (Wildman–Crippen LogP) is 4.56. The van der Waals surface area contributed by atoms with Crippen molar-refractivity contribution in [3.63, 3.8) is 0 Å². The van der Waals surface area contributed by atoms with Gasteiger partial charge in [-0.2, -0.15) is 0 Å². The summed E-state index contributed by atoms with van der Waals surface area (Å²) in [7, 11) is 0. The third-order valence-electron chi connectivity index (χ3n) is 3.39. The van der Waals surface area contributed by atoms with Crippen molar-refractivity contribution in [2.24, 2.45) is 0 Å². The van der Waals surface area contributed by atoms with Gasteiger partial charge < -0.3 is 9.47 Å². The minimum absolute atomic E-state index is 0.131. The fraction of sp³-hybridized carbons (Fsp3) is 0.579. The summed E-state index contributed by atoms with van der Waals surface area (Å²) in [5.74, 6) is 0.814. The molecule has 0 amide bonds. The molecular weight excluding hydrogens is 292 g/mol. The standard InChI is InChI=1S/C19H28O4/c1-4-22-19(21)10-8-6-5-7-9-18(20)16-11-13-17(14-12-16)23-15(2)3/h11-15H,4-10H2,1-3H3. The fourth-order valence-electron chi connectivity index (χ4n) is 2.28. The molecule has 0 atom stereocenters. The van der Waals surface area contributed by atoms with Crippen molar-refractivity contribution in [3.05, 3.63) is 29.8 Å². The molecule has 0 spiro atoms. The monoisotopic (exact) mass is 320 g/mol. The number of hydrogen-bond donors (Lipinski definition) is 0. The van der Waals surface area contributed by atoms with Crippen molar-refractivity contribution in [2.75, 3.05) is 6.61 Å². The van der Waals surface area contributed by atoms with Gasteiger partial charge in [-0.05, 0) is 57.9 Å². The van der Waals surface area contributed by atoms with Crippen molar-refractivity contribution in [2.45, 2.75) is 65.4 Å². The first-order valence-electron chi connectivity index (χ1n) is 8.48. The lowest BCUT2D eigenvalue weighted by Crippen LogP contribution is -2.06. The van der Waals surface area contributed by atoms with E-state index in [4.69, 9.17) is 9.47 Å². The van der Waals surface area contributed by atoms with Crippen LogP contribution in [-0.4, -0.2) is 24.5 Å². The Morgan fingerprint density at radius 3 is 2.13 bits per heavy atom. The summed E-state index contributed by atoms with van der Waals surface area (Å²) in [4.78, 5) is 23.3. The summed E-state index contributed by atoms with van der Waals surface area (Å²) in [5.41, 5.74) is 0.729. The molecule has 0 aliphatic carbocycles. The van der Waals surface area contributed by atoms with Gasteiger partial charge in [-0.25, -0.2) is 0 Å². The molecule has 0 N–H and O–H groups in total. The van der Waals surface area contributed by atoms with E-state index in [-0.39, 0.29) is 17.9 Å². The van der Waals surface area contributed by atoms with Crippen molar-refractivity contribution in [1.29, 1.82) is 0 Å². The van der Waals surface area contributed by atoms with Gasteiger partial charge in [0.05, 0.1) is 12.7 Å². The van der Waals surface area contributed by atoms with Gasteiger partial charge in [0.1, 0.15) is 5.75 Å². The van der Waals surface area contributed by atoms with Gasteiger partial charge in [-0.15, -0.1) is 0 Å². The maximum absolute atomic E-state index is 12.1. The molecule has 0 saturated heterocycles. The molecular formula is C19H28O4. The fourth-order valence-corrected chi connectivity index (χ4v) is 2.28. The van der Waals surface area contributed by atoms with E-state index in [1.165, 1.54) is 0 Å². The first kappa shape index (κ1) is 19.2. The van der Waals surface area contributed by atoms with E-state index in [0.717, 1.165) is 37.0 Å². The van der Waals surface area contributed by atoms with Crippen LogP contribution >= 0.6 is 0 Å². The number of carbonyl (C=O) groups is 2. The molecule has 1 rings (SSSR count). The predicted molar refractivity (Wildman–Crippen MR) is 90.9 cm³/mol. The minimum atomic E-state index is -0.132. The van der Waals surface area contributed by atoms with Gasteiger partial charge in [-0.1, -0.05) is 12.8 Å². The lowest BCUT2D eigenvalue weighted by atomic mass is 10.0. The quantitative estimate of drug-likeness (QED) is 0.341. The number of rotatable bonds is 11. The average molecular weight is 320 g/mol. The molecule has 0 radical (unpaired) electrons. The van der Waals surface area contributed by atoms with Gasteiger partial charge >= 0.3 is 5.97 Å². The second-order valence-electron chi connectivity index (χ2n) is 5.83. The van der Waals surface area contributed by atoms with Crippen molar-refractivity contribution in [1.82, 2.24) is 0 Å². The zero-order chi connectivity index (χ0) is 17.1. The largest absolute Gasteiger partial charge is 0.491 e. The number of esters is 1. The molecule has 0 aliphatic heterocycles. The molecule has 0 saturated carbocycles. The van der Waals surface area contributed by atoms with Crippen LogP contribution in [0.3, 0.4) is 0 Å². The summed E-state index contributed by atoms with van der Waals surface area (Å²) in [6.07, 6.45) is 4.74. The number of unbranched alkanes of at least 4 members (excludes halogenated alkanes) is 3. The van der Waals surface area contributed by atoms with Gasteiger partial charge in [0, 0.05) is 18.4 Å². The highest BCUT2D eigenvalue weighted by Gasteiger charge is 2.07. The molecule has 4 nitrogen and oxygen atoms in total. The molecule has 4 heteroatoms. The molecule has 128 valence electrons. The highest BCUT2D eigenvalue weighted by Crippen LogP contribution is 2.16. The molecule has 0 unspecified atom stereocenters. The summed E-state index contributed by atoms with van der Waals surface area (Å²) >= 11 is 0. The summed E-state index contributed by atoms with van der Waals surface area (Å²) in [5, 5.41) is 0. The number of hydrogen-bond acceptors (Lipinski definition) is 4. The Morgan fingerprint density at radius 1 is 0.957 bits per heavy atom. The number of ketones is 1. The number of carbonyl (C=O) groups excluding carboxylic acids is 2. The topological polar surface area (TPSA) is 52.6 Å². The van der Waals surface area contributed by atoms with E-state index < -0.39 is 0 Å². The van der Waals surface area contributed by atoms with Crippen LogP contribution in [0, 0.1) is 0 Å². The summed E-state index contributed by atoms with van der Waals surface area (Å²) < 4.78 is 10.4. The van der Waals surface area contributed by atoms with Crippen LogP contribution in [0.25, 0.3) is 0 Å². The second kappa shape index (κ2) is 10.8. The van der Waals surface area contributed by atoms with Crippen molar-refractivity contribution >= 4 is 11.8 Å².